The number of rotatable bonds is 7. The normalized spacial score (nSPS) is 17.7. The first-order valence-electron chi connectivity index (χ1n) is 7.55. The largest absolute Gasteiger partial charge is 0.490 e. The number of hydrogen-bond acceptors (Lipinski definition) is 4. The van der Waals surface area contributed by atoms with E-state index in [0.29, 0.717) is 11.9 Å². The van der Waals surface area contributed by atoms with E-state index in [1.165, 1.54) is 18.6 Å². The van der Waals surface area contributed by atoms with E-state index in [4.69, 9.17) is 4.74 Å². The second kappa shape index (κ2) is 11.8. The van der Waals surface area contributed by atoms with Crippen molar-refractivity contribution in [1.82, 2.24) is 15.6 Å². The van der Waals surface area contributed by atoms with Gasteiger partial charge in [-0.3, -0.25) is 9.98 Å². The first-order chi connectivity index (χ1) is 10.4. The molecular weight excluding hydrogens is 411 g/mol. The first-order valence-corrected chi connectivity index (χ1v) is 8.60. The number of nitrogens with one attached hydrogen (secondary N) is 2. The van der Waals surface area contributed by atoms with Crippen LogP contribution in [0.4, 0.5) is 0 Å². The minimum atomic E-state index is 0. The number of pyridine rings is 1. The molecule has 0 saturated carbocycles. The third-order valence-electron chi connectivity index (χ3n) is 3.12. The van der Waals surface area contributed by atoms with Crippen LogP contribution in [-0.4, -0.2) is 48.2 Å². The van der Waals surface area contributed by atoms with Gasteiger partial charge >= 0.3 is 0 Å². The summed E-state index contributed by atoms with van der Waals surface area (Å²) in [5, 5.41) is 7.25. The van der Waals surface area contributed by atoms with Crippen LogP contribution in [0.5, 0.6) is 5.75 Å². The Morgan fingerprint density at radius 3 is 3.09 bits per heavy atom. The van der Waals surface area contributed by atoms with Crippen molar-refractivity contribution in [3.05, 3.63) is 24.5 Å². The van der Waals surface area contributed by atoms with Crippen molar-refractivity contribution in [3.8, 4) is 5.75 Å². The average Bonchev–Trinajstić information content (AvgIpc) is 3.03. The lowest BCUT2D eigenvalue weighted by atomic mass is 10.2. The van der Waals surface area contributed by atoms with Crippen molar-refractivity contribution in [2.45, 2.75) is 25.0 Å². The minimum absolute atomic E-state index is 0. The molecule has 1 saturated heterocycles. The second-order valence-corrected chi connectivity index (χ2v) is 6.23. The van der Waals surface area contributed by atoms with Crippen LogP contribution in [0.1, 0.15) is 19.8 Å². The molecule has 1 fully saturated rings. The summed E-state index contributed by atoms with van der Waals surface area (Å²) < 4.78 is 5.60. The van der Waals surface area contributed by atoms with Gasteiger partial charge in [-0.1, -0.05) is 0 Å². The number of aliphatic imine (C=N–C) groups is 1. The predicted octanol–water partition coefficient (Wildman–Crippen LogP) is 2.53. The second-order valence-electron chi connectivity index (χ2n) is 4.82. The maximum Gasteiger partial charge on any atom is 0.191 e. The zero-order chi connectivity index (χ0) is 14.8. The number of guanidine groups is 1. The minimum Gasteiger partial charge on any atom is -0.490 e. The summed E-state index contributed by atoms with van der Waals surface area (Å²) >= 11 is 2.03. The third-order valence-corrected chi connectivity index (χ3v) is 4.50. The Balaban J connectivity index is 0.00000242. The van der Waals surface area contributed by atoms with E-state index in [9.17, 15) is 0 Å². The van der Waals surface area contributed by atoms with Crippen LogP contribution in [0.25, 0.3) is 0 Å². The van der Waals surface area contributed by atoms with E-state index >= 15 is 0 Å². The molecule has 0 spiro atoms. The molecule has 1 aliphatic rings. The molecule has 0 radical (unpaired) electrons. The highest BCUT2D eigenvalue weighted by Crippen LogP contribution is 2.25. The van der Waals surface area contributed by atoms with Crippen molar-refractivity contribution < 1.29 is 4.74 Å². The fourth-order valence-electron chi connectivity index (χ4n) is 2.09. The van der Waals surface area contributed by atoms with Crippen molar-refractivity contribution >= 4 is 41.7 Å². The topological polar surface area (TPSA) is 58.5 Å². The van der Waals surface area contributed by atoms with E-state index in [-0.39, 0.29) is 24.0 Å². The molecule has 1 aliphatic heterocycles. The number of nitrogens with zero attached hydrogens (tertiary/aromatic N) is 2. The standard InChI is InChI=1S/C15H24N4OS.HI/c1-2-17-15(19-12-14-6-4-10-21-14)18-8-9-20-13-5-3-7-16-11-13;/h3,5,7,11,14H,2,4,6,8-10,12H2,1H3,(H2,17,18,19);1H. The molecule has 2 rings (SSSR count). The van der Waals surface area contributed by atoms with Gasteiger partial charge in [0.2, 0.25) is 0 Å². The van der Waals surface area contributed by atoms with Gasteiger partial charge in [-0.25, -0.2) is 0 Å². The maximum absolute atomic E-state index is 5.60. The van der Waals surface area contributed by atoms with Crippen molar-refractivity contribution in [2.24, 2.45) is 4.99 Å². The highest BCUT2D eigenvalue weighted by atomic mass is 127. The molecule has 7 heteroatoms. The fraction of sp³-hybridized carbons (Fsp3) is 0.600. The zero-order valence-electron chi connectivity index (χ0n) is 13.0. The Hall–Kier alpha value is -0.700. The smallest absolute Gasteiger partial charge is 0.191 e. The molecule has 1 aromatic heterocycles. The van der Waals surface area contributed by atoms with Gasteiger partial charge in [0.1, 0.15) is 12.4 Å². The van der Waals surface area contributed by atoms with Crippen LogP contribution in [0.2, 0.25) is 0 Å². The highest BCUT2D eigenvalue weighted by molar-refractivity contribution is 14.0. The van der Waals surface area contributed by atoms with Crippen LogP contribution < -0.4 is 15.4 Å². The van der Waals surface area contributed by atoms with E-state index in [1.54, 1.807) is 12.4 Å². The number of hydrogen-bond donors (Lipinski definition) is 2. The van der Waals surface area contributed by atoms with Crippen LogP contribution >= 0.6 is 35.7 Å². The molecule has 22 heavy (non-hydrogen) atoms. The Kier molecular flexibility index (Phi) is 10.4. The van der Waals surface area contributed by atoms with Crippen LogP contribution in [0.3, 0.4) is 0 Å². The lowest BCUT2D eigenvalue weighted by molar-refractivity contribution is 0.320. The predicted molar refractivity (Wildman–Crippen MR) is 105 cm³/mol. The molecule has 2 N–H and O–H groups in total. The molecule has 0 amide bonds. The molecule has 124 valence electrons. The van der Waals surface area contributed by atoms with Gasteiger partial charge in [-0.05, 0) is 37.7 Å². The Morgan fingerprint density at radius 2 is 2.41 bits per heavy atom. The fourth-order valence-corrected chi connectivity index (χ4v) is 3.27. The summed E-state index contributed by atoms with van der Waals surface area (Å²) in [4.78, 5) is 8.66. The van der Waals surface area contributed by atoms with Crippen molar-refractivity contribution in [2.75, 3.05) is 32.0 Å². The lowest BCUT2D eigenvalue weighted by Crippen LogP contribution is -2.39. The molecule has 1 aromatic rings. The van der Waals surface area contributed by atoms with Crippen LogP contribution in [-0.2, 0) is 0 Å². The summed E-state index contributed by atoms with van der Waals surface area (Å²) in [5.41, 5.74) is 0. The van der Waals surface area contributed by atoms with Gasteiger partial charge in [-0.15, -0.1) is 24.0 Å². The van der Waals surface area contributed by atoms with E-state index in [0.717, 1.165) is 31.3 Å². The molecule has 0 bridgehead atoms. The Morgan fingerprint density at radius 1 is 1.50 bits per heavy atom. The van der Waals surface area contributed by atoms with Gasteiger partial charge in [0.15, 0.2) is 5.96 Å². The summed E-state index contributed by atoms with van der Waals surface area (Å²) in [7, 11) is 0. The first kappa shape index (κ1) is 19.3. The quantitative estimate of drug-likeness (QED) is 0.298. The lowest BCUT2D eigenvalue weighted by Gasteiger charge is -2.13. The van der Waals surface area contributed by atoms with Gasteiger partial charge in [0, 0.05) is 18.0 Å². The van der Waals surface area contributed by atoms with E-state index < -0.39 is 0 Å². The molecule has 5 nitrogen and oxygen atoms in total. The molecule has 0 aromatic carbocycles. The summed E-state index contributed by atoms with van der Waals surface area (Å²) in [5.74, 6) is 2.95. The number of aromatic nitrogens is 1. The van der Waals surface area contributed by atoms with Gasteiger partial charge < -0.3 is 15.4 Å². The van der Waals surface area contributed by atoms with Crippen molar-refractivity contribution in [3.63, 3.8) is 0 Å². The van der Waals surface area contributed by atoms with Gasteiger partial charge in [-0.2, -0.15) is 11.8 Å². The van der Waals surface area contributed by atoms with Crippen LogP contribution in [0.15, 0.2) is 29.5 Å². The molecule has 1 atom stereocenters. The van der Waals surface area contributed by atoms with Crippen LogP contribution in [0, 0.1) is 0 Å². The highest BCUT2D eigenvalue weighted by Gasteiger charge is 2.14. The Labute approximate surface area is 154 Å². The number of thioether (sulfide) groups is 1. The SMILES string of the molecule is CCNC(=NCC1CCCS1)NCCOc1cccnc1.I. The molecular formula is C15H25IN4OS. The molecule has 2 heterocycles. The van der Waals surface area contributed by atoms with Gasteiger partial charge in [0.25, 0.3) is 0 Å². The molecule has 0 aliphatic carbocycles. The van der Waals surface area contributed by atoms with Crippen molar-refractivity contribution in [1.29, 1.82) is 0 Å². The average molecular weight is 436 g/mol. The summed E-state index contributed by atoms with van der Waals surface area (Å²) in [6.07, 6.45) is 6.07. The van der Waals surface area contributed by atoms with Gasteiger partial charge in [0.05, 0.1) is 19.3 Å². The molecule has 1 unspecified atom stereocenters. The Bertz CT molecular complexity index is 427. The zero-order valence-corrected chi connectivity index (χ0v) is 16.1. The van der Waals surface area contributed by atoms with E-state index in [1.807, 2.05) is 23.9 Å². The summed E-state index contributed by atoms with van der Waals surface area (Å²) in [6.45, 7) is 5.15. The summed E-state index contributed by atoms with van der Waals surface area (Å²) in [6, 6.07) is 3.77. The maximum atomic E-state index is 5.60. The number of ether oxygens (including phenoxy) is 1. The monoisotopic (exact) mass is 436 g/mol. The van der Waals surface area contributed by atoms with E-state index in [2.05, 4.69) is 27.5 Å². The third kappa shape index (κ3) is 7.53. The number of halogens is 1.